The zero-order chi connectivity index (χ0) is 15.8. The van der Waals surface area contributed by atoms with Gasteiger partial charge in [0.15, 0.2) is 0 Å². The van der Waals surface area contributed by atoms with Crippen molar-refractivity contribution >= 4 is 0 Å². The number of imidazole rings is 1. The van der Waals surface area contributed by atoms with Gasteiger partial charge in [-0.15, -0.1) is 0 Å². The lowest BCUT2D eigenvalue weighted by Gasteiger charge is -2.09. The van der Waals surface area contributed by atoms with E-state index in [1.165, 1.54) is 42.4 Å². The minimum absolute atomic E-state index is 0. The number of H-pyrrole nitrogens is 1. The first-order valence-electron chi connectivity index (χ1n) is 8.30. The Labute approximate surface area is 131 Å². The SMILES string of the molecule is CC.CCC.Cc1ncc(-c2ccc(C)c3c2CCC3)[nH]1.[HH]. The molecule has 0 atom stereocenters. The second-order valence-electron chi connectivity index (χ2n) is 5.33. The first kappa shape index (κ1) is 17.5. The molecule has 2 aromatic rings. The molecule has 2 nitrogen and oxygen atoms in total. The van der Waals surface area contributed by atoms with Gasteiger partial charge in [-0.2, -0.15) is 0 Å². The molecule has 1 aromatic heterocycles. The Bertz CT molecular complexity index is 559. The van der Waals surface area contributed by atoms with Crippen molar-refractivity contribution < 1.29 is 1.43 Å². The standard InChI is InChI=1S/C14H16N2.C3H8.C2H6.H2/c1-9-6-7-13(12-5-3-4-11(9)12)14-8-15-10(2)16-14;1-3-2;1-2;/h6-8H,3-5H2,1-2H3,(H,15,16);3H2,1-2H3;1-2H3;1H. The largest absolute Gasteiger partial charge is 0.342 e. The van der Waals surface area contributed by atoms with E-state index in [0.717, 1.165) is 11.5 Å². The van der Waals surface area contributed by atoms with Gasteiger partial charge in [0, 0.05) is 6.99 Å². The monoisotopic (exact) mass is 288 g/mol. The van der Waals surface area contributed by atoms with Gasteiger partial charge in [0.1, 0.15) is 5.82 Å². The van der Waals surface area contributed by atoms with Crippen molar-refractivity contribution in [3.05, 3.63) is 40.8 Å². The number of aromatic amines is 1. The van der Waals surface area contributed by atoms with E-state index in [9.17, 15) is 0 Å². The molecule has 0 bridgehead atoms. The molecule has 0 amide bonds. The molecule has 2 heteroatoms. The molecule has 1 heterocycles. The Hall–Kier alpha value is -1.57. The van der Waals surface area contributed by atoms with Crippen LogP contribution in [0.3, 0.4) is 0 Å². The highest BCUT2D eigenvalue weighted by atomic mass is 14.9. The van der Waals surface area contributed by atoms with Gasteiger partial charge >= 0.3 is 0 Å². The average molecular weight is 288 g/mol. The summed E-state index contributed by atoms with van der Waals surface area (Å²) in [6.07, 6.45) is 6.94. The molecule has 0 fully saturated rings. The molecule has 0 unspecified atom stereocenters. The number of nitrogens with one attached hydrogen (secondary N) is 1. The lowest BCUT2D eigenvalue weighted by molar-refractivity contribution is 0.909. The number of benzene rings is 1. The summed E-state index contributed by atoms with van der Waals surface area (Å²) in [4.78, 5) is 7.62. The predicted octanol–water partition coefficient (Wildman–Crippen LogP) is 5.87. The van der Waals surface area contributed by atoms with E-state index in [0.29, 0.717) is 0 Å². The van der Waals surface area contributed by atoms with Crippen molar-refractivity contribution in [3.63, 3.8) is 0 Å². The molecule has 0 aliphatic heterocycles. The van der Waals surface area contributed by atoms with Gasteiger partial charge in [-0.25, -0.2) is 4.98 Å². The number of rotatable bonds is 1. The Balaban J connectivity index is 0.000000663. The van der Waals surface area contributed by atoms with Crippen molar-refractivity contribution in [2.45, 2.75) is 67.2 Å². The van der Waals surface area contributed by atoms with Crippen molar-refractivity contribution in [2.75, 3.05) is 0 Å². The molecule has 1 aliphatic rings. The number of hydrogen-bond acceptors (Lipinski definition) is 1. The fourth-order valence-corrected chi connectivity index (χ4v) is 2.70. The van der Waals surface area contributed by atoms with E-state index >= 15 is 0 Å². The van der Waals surface area contributed by atoms with Crippen LogP contribution in [-0.4, -0.2) is 9.97 Å². The number of nitrogens with zero attached hydrogens (tertiary/aromatic N) is 1. The van der Waals surface area contributed by atoms with Gasteiger partial charge in [0.05, 0.1) is 11.9 Å². The first-order valence-corrected chi connectivity index (χ1v) is 8.30. The molecular weight excluding hydrogens is 256 g/mol. The highest BCUT2D eigenvalue weighted by Gasteiger charge is 2.18. The van der Waals surface area contributed by atoms with Crippen LogP contribution in [0.5, 0.6) is 0 Å². The van der Waals surface area contributed by atoms with Crippen molar-refractivity contribution in [1.29, 1.82) is 0 Å². The van der Waals surface area contributed by atoms with E-state index in [4.69, 9.17) is 0 Å². The van der Waals surface area contributed by atoms with E-state index in [-0.39, 0.29) is 1.43 Å². The summed E-state index contributed by atoms with van der Waals surface area (Å²) in [6.45, 7) is 12.5. The van der Waals surface area contributed by atoms with Gasteiger partial charge in [-0.1, -0.05) is 46.2 Å². The minimum Gasteiger partial charge on any atom is -0.342 e. The molecule has 1 aromatic carbocycles. The molecule has 1 N–H and O–H groups in total. The maximum atomic E-state index is 4.29. The molecule has 21 heavy (non-hydrogen) atoms. The summed E-state index contributed by atoms with van der Waals surface area (Å²) in [5, 5.41) is 0. The molecule has 0 saturated heterocycles. The smallest absolute Gasteiger partial charge is 0.103 e. The van der Waals surface area contributed by atoms with Gasteiger partial charge in [0.2, 0.25) is 0 Å². The summed E-state index contributed by atoms with van der Waals surface area (Å²) in [6, 6.07) is 4.46. The van der Waals surface area contributed by atoms with Crippen LogP contribution in [0.25, 0.3) is 11.3 Å². The molecule has 1 aliphatic carbocycles. The molecule has 3 rings (SSSR count). The van der Waals surface area contributed by atoms with E-state index < -0.39 is 0 Å². The van der Waals surface area contributed by atoms with Crippen LogP contribution in [0.1, 0.15) is 64.5 Å². The summed E-state index contributed by atoms with van der Waals surface area (Å²) < 4.78 is 0. The summed E-state index contributed by atoms with van der Waals surface area (Å²) in [7, 11) is 0. The quantitative estimate of drug-likeness (QED) is 0.698. The van der Waals surface area contributed by atoms with E-state index in [1.807, 2.05) is 27.0 Å². The Morgan fingerprint density at radius 3 is 2.29 bits per heavy atom. The number of aromatic nitrogens is 2. The maximum Gasteiger partial charge on any atom is 0.103 e. The summed E-state index contributed by atoms with van der Waals surface area (Å²) in [5.74, 6) is 0.988. The zero-order valence-corrected chi connectivity index (χ0v) is 14.5. The van der Waals surface area contributed by atoms with Crippen LogP contribution in [0, 0.1) is 13.8 Å². The van der Waals surface area contributed by atoms with Crippen LogP contribution in [0.4, 0.5) is 0 Å². The van der Waals surface area contributed by atoms with Gasteiger partial charge in [-0.05, 0) is 49.8 Å². The summed E-state index contributed by atoms with van der Waals surface area (Å²) in [5.41, 5.74) is 7.04. The Morgan fingerprint density at radius 1 is 1.10 bits per heavy atom. The lowest BCUT2D eigenvalue weighted by Crippen LogP contribution is -1.92. The normalized spacial score (nSPS) is 11.9. The minimum atomic E-state index is 0. The lowest BCUT2D eigenvalue weighted by atomic mass is 9.97. The van der Waals surface area contributed by atoms with Crippen LogP contribution in [-0.2, 0) is 12.8 Å². The van der Waals surface area contributed by atoms with Crippen LogP contribution >= 0.6 is 0 Å². The second kappa shape index (κ2) is 8.66. The third-order valence-electron chi connectivity index (χ3n) is 3.51. The molecule has 118 valence electrons. The third kappa shape index (κ3) is 4.20. The molecule has 0 radical (unpaired) electrons. The zero-order valence-electron chi connectivity index (χ0n) is 14.5. The number of hydrogen-bond donors (Lipinski definition) is 1. The Morgan fingerprint density at radius 2 is 1.71 bits per heavy atom. The van der Waals surface area contributed by atoms with Crippen LogP contribution in [0.15, 0.2) is 18.3 Å². The number of aryl methyl sites for hydroxylation is 2. The predicted molar refractivity (Wildman–Crippen MR) is 94.9 cm³/mol. The van der Waals surface area contributed by atoms with Crippen molar-refractivity contribution in [3.8, 4) is 11.3 Å². The van der Waals surface area contributed by atoms with Gasteiger partial charge in [0.25, 0.3) is 0 Å². The van der Waals surface area contributed by atoms with E-state index in [2.05, 4.69) is 42.9 Å². The summed E-state index contributed by atoms with van der Waals surface area (Å²) >= 11 is 0. The van der Waals surface area contributed by atoms with Crippen molar-refractivity contribution in [2.24, 2.45) is 0 Å². The molecular formula is C19H32N2. The highest BCUT2D eigenvalue weighted by Crippen LogP contribution is 2.33. The molecule has 0 saturated carbocycles. The first-order chi connectivity index (χ1) is 10.2. The Kier molecular flexibility index (Phi) is 7.21. The van der Waals surface area contributed by atoms with Crippen LogP contribution in [0.2, 0.25) is 0 Å². The average Bonchev–Trinajstić information content (AvgIpc) is 3.12. The maximum absolute atomic E-state index is 4.29. The highest BCUT2D eigenvalue weighted by molar-refractivity contribution is 5.67. The second-order valence-corrected chi connectivity index (χ2v) is 5.33. The molecule has 0 spiro atoms. The van der Waals surface area contributed by atoms with Gasteiger partial charge < -0.3 is 4.98 Å². The van der Waals surface area contributed by atoms with Crippen LogP contribution < -0.4 is 0 Å². The third-order valence-corrected chi connectivity index (χ3v) is 3.51. The van der Waals surface area contributed by atoms with Gasteiger partial charge in [-0.3, -0.25) is 0 Å². The van der Waals surface area contributed by atoms with E-state index in [1.54, 1.807) is 5.56 Å². The topological polar surface area (TPSA) is 28.7 Å². The fourth-order valence-electron chi connectivity index (χ4n) is 2.70. The fraction of sp³-hybridized carbons (Fsp3) is 0.526. The van der Waals surface area contributed by atoms with Crippen molar-refractivity contribution in [1.82, 2.24) is 9.97 Å². The number of fused-ring (bicyclic) bond motifs is 1.